The number of carbonyl (C=O) groups is 2. The number of aryl methyl sites for hydroxylation is 1. The van der Waals surface area contributed by atoms with Crippen molar-refractivity contribution in [2.75, 3.05) is 23.8 Å². The third kappa shape index (κ3) is 5.92. The maximum atomic E-state index is 14.0. The zero-order valence-corrected chi connectivity index (χ0v) is 22.2. The largest absolute Gasteiger partial charge is 0.507 e. The molecular weight excluding hydrogens is 503 g/mol. The van der Waals surface area contributed by atoms with Gasteiger partial charge in [-0.2, -0.15) is 4.98 Å². The Bertz CT molecular complexity index is 1420. The van der Waals surface area contributed by atoms with Gasteiger partial charge in [0, 0.05) is 29.9 Å². The van der Waals surface area contributed by atoms with Crippen molar-refractivity contribution in [1.29, 1.82) is 0 Å². The zero-order valence-electron chi connectivity index (χ0n) is 22.2. The highest BCUT2D eigenvalue weighted by Gasteiger charge is 2.41. The second-order valence-electron chi connectivity index (χ2n) is 10.3. The Morgan fingerprint density at radius 3 is 2.44 bits per heavy atom. The molecule has 0 radical (unpaired) electrons. The molecule has 0 saturated heterocycles. The first-order chi connectivity index (χ1) is 18.3. The number of phenols is 1. The lowest BCUT2D eigenvalue weighted by atomic mass is 9.97. The number of carboxylic acid groups (broad SMARTS) is 1. The Labute approximate surface area is 225 Å². The summed E-state index contributed by atoms with van der Waals surface area (Å²) < 4.78 is 13.7. The number of halogens is 1. The van der Waals surface area contributed by atoms with E-state index in [1.165, 1.54) is 29.2 Å². The van der Waals surface area contributed by atoms with E-state index >= 15 is 0 Å². The second kappa shape index (κ2) is 10.6. The summed E-state index contributed by atoms with van der Waals surface area (Å²) in [6, 6.07) is 10.8. The predicted octanol–water partition coefficient (Wildman–Crippen LogP) is 4.52. The molecule has 0 unspecified atom stereocenters. The number of nitrogen functional groups attached to an aromatic ring is 1. The molecule has 0 saturated carbocycles. The Balaban J connectivity index is 1.69. The summed E-state index contributed by atoms with van der Waals surface area (Å²) in [5.41, 5.74) is 7.24. The molecule has 1 aromatic heterocycles. The van der Waals surface area contributed by atoms with Crippen molar-refractivity contribution in [1.82, 2.24) is 19.8 Å². The summed E-state index contributed by atoms with van der Waals surface area (Å²) in [4.78, 5) is 39.2. The van der Waals surface area contributed by atoms with Gasteiger partial charge in [0.2, 0.25) is 5.95 Å². The van der Waals surface area contributed by atoms with Crippen molar-refractivity contribution in [3.05, 3.63) is 77.8 Å². The molecule has 0 bridgehead atoms. The highest BCUT2D eigenvalue weighted by atomic mass is 19.1. The number of nitrogens with two attached hydrogens (primary N) is 1. The number of aromatic hydroxyl groups is 1. The molecule has 0 fully saturated rings. The molecule has 1 aliphatic rings. The van der Waals surface area contributed by atoms with Gasteiger partial charge >= 0.3 is 6.09 Å². The Hall–Kier alpha value is -4.67. The van der Waals surface area contributed by atoms with Crippen molar-refractivity contribution >= 4 is 23.8 Å². The summed E-state index contributed by atoms with van der Waals surface area (Å²) in [5, 5.41) is 20.5. The average molecular weight is 535 g/mol. The van der Waals surface area contributed by atoms with Gasteiger partial charge in [-0.05, 0) is 63.6 Å². The maximum absolute atomic E-state index is 14.0. The third-order valence-corrected chi connectivity index (χ3v) is 6.30. The Kier molecular flexibility index (Phi) is 7.44. The van der Waals surface area contributed by atoms with Gasteiger partial charge in [-0.3, -0.25) is 9.69 Å². The van der Waals surface area contributed by atoms with Gasteiger partial charge in [0.1, 0.15) is 23.4 Å². The van der Waals surface area contributed by atoms with Crippen LogP contribution >= 0.6 is 0 Å². The molecule has 204 valence electrons. The molecule has 1 atom stereocenters. The van der Waals surface area contributed by atoms with Crippen molar-refractivity contribution in [2.24, 2.45) is 0 Å². The number of hydrogen-bond acceptors (Lipinski definition) is 7. The van der Waals surface area contributed by atoms with Crippen LogP contribution in [0.3, 0.4) is 0 Å². The highest BCUT2D eigenvalue weighted by Crippen LogP contribution is 2.33. The monoisotopic (exact) mass is 534 g/mol. The lowest BCUT2D eigenvalue weighted by Gasteiger charge is -2.42. The molecule has 4 rings (SSSR count). The average Bonchev–Trinajstić information content (AvgIpc) is 2.87. The number of anilines is 2. The van der Waals surface area contributed by atoms with E-state index in [0.717, 1.165) is 10.5 Å². The topological polar surface area (TPSA) is 136 Å². The zero-order chi connectivity index (χ0) is 28.5. The molecule has 0 spiro atoms. The fourth-order valence-electron chi connectivity index (χ4n) is 4.50. The number of hydrogen-bond donors (Lipinski definition) is 3. The molecule has 10 nitrogen and oxygen atoms in total. The number of phenolic OH excluding ortho intramolecular Hbond substituents is 1. The quantitative estimate of drug-likeness (QED) is 0.435. The minimum atomic E-state index is -1.28. The van der Waals surface area contributed by atoms with E-state index in [1.807, 2.05) is 6.92 Å². The van der Waals surface area contributed by atoms with Gasteiger partial charge < -0.3 is 25.7 Å². The molecular formula is C28H31FN6O4. The number of amides is 2. The van der Waals surface area contributed by atoms with E-state index in [1.54, 1.807) is 62.2 Å². The predicted molar refractivity (Wildman–Crippen MR) is 145 cm³/mol. The van der Waals surface area contributed by atoms with Gasteiger partial charge in [-0.25, -0.2) is 14.2 Å². The molecule has 4 N–H and O–H groups in total. The van der Waals surface area contributed by atoms with E-state index in [0.29, 0.717) is 22.6 Å². The summed E-state index contributed by atoms with van der Waals surface area (Å²) in [6.07, 6.45) is 2.21. The van der Waals surface area contributed by atoms with Crippen LogP contribution in [0.1, 0.15) is 37.9 Å². The molecule has 3 aromatic rings. The van der Waals surface area contributed by atoms with E-state index in [2.05, 4.69) is 9.97 Å². The fraction of sp³-hybridized carbons (Fsp3) is 0.286. The third-order valence-electron chi connectivity index (χ3n) is 6.30. The smallest absolute Gasteiger partial charge is 0.408 e. The van der Waals surface area contributed by atoms with Crippen molar-refractivity contribution < 1.29 is 24.2 Å². The van der Waals surface area contributed by atoms with Gasteiger partial charge in [0.25, 0.3) is 5.91 Å². The first-order valence-corrected chi connectivity index (χ1v) is 12.3. The number of nitrogens with zero attached hydrogens (tertiary/aromatic N) is 5. The van der Waals surface area contributed by atoms with E-state index < -0.39 is 29.4 Å². The minimum Gasteiger partial charge on any atom is -0.507 e. The minimum absolute atomic E-state index is 0.0192. The molecule has 2 heterocycles. The molecule has 0 aliphatic carbocycles. The molecule has 2 amide bonds. The van der Waals surface area contributed by atoms with Gasteiger partial charge in [0.15, 0.2) is 0 Å². The van der Waals surface area contributed by atoms with Gasteiger partial charge in [-0.15, -0.1) is 0 Å². The van der Waals surface area contributed by atoms with Gasteiger partial charge in [-0.1, -0.05) is 23.8 Å². The summed E-state index contributed by atoms with van der Waals surface area (Å²) in [6.45, 7) is 7.23. The SMILES string of the molecule is Cc1ccc(O)c(-c2cc(N3C=CCN(C(=O)[C@@H](c4ccc(F)cc4)N(C(=O)O)C(C)(C)C)C3)nc(N)n2)c1. The highest BCUT2D eigenvalue weighted by molar-refractivity contribution is 5.87. The van der Waals surface area contributed by atoms with Crippen LogP contribution in [0.2, 0.25) is 0 Å². The van der Waals surface area contributed by atoms with Crippen LogP contribution in [0, 0.1) is 12.7 Å². The van der Waals surface area contributed by atoms with Crippen molar-refractivity contribution in [3.8, 4) is 17.0 Å². The lowest BCUT2D eigenvalue weighted by Crippen LogP contribution is -2.54. The van der Waals surface area contributed by atoms with Crippen molar-refractivity contribution in [2.45, 2.75) is 39.3 Å². The van der Waals surface area contributed by atoms with Crippen LogP contribution in [0.15, 0.2) is 60.8 Å². The van der Waals surface area contributed by atoms with E-state index in [9.17, 15) is 24.2 Å². The lowest BCUT2D eigenvalue weighted by molar-refractivity contribution is -0.138. The number of benzene rings is 2. The number of carbonyl (C=O) groups excluding carboxylic acids is 1. The normalized spacial score (nSPS) is 14.3. The maximum Gasteiger partial charge on any atom is 0.408 e. The van der Waals surface area contributed by atoms with Gasteiger partial charge in [0.05, 0.1) is 12.4 Å². The van der Waals surface area contributed by atoms with Crippen LogP contribution in [-0.2, 0) is 4.79 Å². The molecule has 39 heavy (non-hydrogen) atoms. The van der Waals surface area contributed by atoms with Crippen LogP contribution in [0.5, 0.6) is 5.75 Å². The van der Waals surface area contributed by atoms with Crippen LogP contribution in [0.4, 0.5) is 21.0 Å². The Morgan fingerprint density at radius 1 is 1.10 bits per heavy atom. The summed E-state index contributed by atoms with van der Waals surface area (Å²) in [7, 11) is 0. The van der Waals surface area contributed by atoms with Crippen LogP contribution in [-0.4, -0.2) is 60.7 Å². The second-order valence-corrected chi connectivity index (χ2v) is 10.3. The van der Waals surface area contributed by atoms with Crippen molar-refractivity contribution in [3.63, 3.8) is 0 Å². The Morgan fingerprint density at radius 2 is 1.79 bits per heavy atom. The molecule has 11 heteroatoms. The number of rotatable bonds is 5. The molecule has 2 aromatic carbocycles. The van der Waals surface area contributed by atoms with Crippen LogP contribution < -0.4 is 10.6 Å². The number of aromatic nitrogens is 2. The summed E-state index contributed by atoms with van der Waals surface area (Å²) >= 11 is 0. The fourth-order valence-corrected chi connectivity index (χ4v) is 4.50. The summed E-state index contributed by atoms with van der Waals surface area (Å²) in [5.74, 6) is -0.572. The standard InChI is InChI=1S/C28H31FN6O4/c1-17-6-11-22(36)20(14-17)21-15-23(32-26(30)31-21)33-12-5-13-34(16-33)25(37)24(18-7-9-19(29)10-8-18)35(27(38)39)28(2,3)4/h5-12,14-15,24,36H,13,16H2,1-4H3,(H,38,39)(H2,30,31,32)/t24-/m1/s1. The first-order valence-electron chi connectivity index (χ1n) is 12.3. The van der Waals surface area contributed by atoms with E-state index in [-0.39, 0.29) is 24.9 Å². The van der Waals surface area contributed by atoms with E-state index in [4.69, 9.17) is 5.73 Å². The first kappa shape index (κ1) is 27.4. The molecule has 1 aliphatic heterocycles. The van der Waals surface area contributed by atoms with Crippen LogP contribution in [0.25, 0.3) is 11.3 Å².